The van der Waals surface area contributed by atoms with Gasteiger partial charge in [-0.3, -0.25) is 9.59 Å². The topological polar surface area (TPSA) is 67.9 Å². The lowest BCUT2D eigenvalue weighted by molar-refractivity contribution is -0.121. The van der Waals surface area contributed by atoms with Crippen LogP contribution in [0.3, 0.4) is 0 Å². The summed E-state index contributed by atoms with van der Waals surface area (Å²) in [6, 6.07) is 13.4. The molecule has 0 unspecified atom stereocenters. The van der Waals surface area contributed by atoms with Crippen LogP contribution in [-0.4, -0.2) is 25.2 Å². The summed E-state index contributed by atoms with van der Waals surface area (Å²) in [5.74, 6) is 1.52. The zero-order valence-electron chi connectivity index (χ0n) is 16.5. The highest BCUT2D eigenvalue weighted by molar-refractivity contribution is 5.93. The molecule has 1 heterocycles. The van der Waals surface area contributed by atoms with Crippen LogP contribution < -0.4 is 19.7 Å². The Morgan fingerprint density at radius 3 is 2.61 bits per heavy atom. The SMILES string of the molecule is CC(=O)N(CCC(=O)NCc1ccc2c(c1)OCO2)c1ccccc1C(C)C. The predicted octanol–water partition coefficient (Wildman–Crippen LogP) is 3.60. The van der Waals surface area contributed by atoms with E-state index in [9.17, 15) is 9.59 Å². The normalized spacial score (nSPS) is 12.1. The number of carbonyl (C=O) groups excluding carboxylic acids is 2. The van der Waals surface area contributed by atoms with E-state index in [2.05, 4.69) is 19.2 Å². The number of carbonyl (C=O) groups is 2. The molecule has 3 rings (SSSR count). The Bertz CT molecular complexity index is 863. The first kappa shape index (κ1) is 19.7. The highest BCUT2D eigenvalue weighted by atomic mass is 16.7. The summed E-state index contributed by atoms with van der Waals surface area (Å²) >= 11 is 0. The van der Waals surface area contributed by atoms with Gasteiger partial charge in [0.25, 0.3) is 0 Å². The number of hydrogen-bond donors (Lipinski definition) is 1. The van der Waals surface area contributed by atoms with Gasteiger partial charge in [0.15, 0.2) is 11.5 Å². The van der Waals surface area contributed by atoms with Crippen molar-refractivity contribution < 1.29 is 19.1 Å². The number of anilines is 1. The van der Waals surface area contributed by atoms with Crippen molar-refractivity contribution in [2.75, 3.05) is 18.2 Å². The molecule has 0 aliphatic carbocycles. The molecular formula is C22H26N2O4. The zero-order valence-corrected chi connectivity index (χ0v) is 16.5. The van der Waals surface area contributed by atoms with Crippen molar-refractivity contribution >= 4 is 17.5 Å². The fourth-order valence-electron chi connectivity index (χ4n) is 3.22. The van der Waals surface area contributed by atoms with Gasteiger partial charge in [-0.05, 0) is 35.2 Å². The number of nitrogens with zero attached hydrogens (tertiary/aromatic N) is 1. The Morgan fingerprint density at radius 2 is 1.86 bits per heavy atom. The number of rotatable bonds is 7. The summed E-state index contributed by atoms with van der Waals surface area (Å²) in [6.45, 7) is 6.68. The second-order valence-corrected chi connectivity index (χ2v) is 7.10. The summed E-state index contributed by atoms with van der Waals surface area (Å²) in [7, 11) is 0. The molecule has 1 aliphatic heterocycles. The van der Waals surface area contributed by atoms with Crippen molar-refractivity contribution in [3.8, 4) is 11.5 Å². The van der Waals surface area contributed by atoms with Crippen molar-refractivity contribution in [2.45, 2.75) is 39.7 Å². The monoisotopic (exact) mass is 382 g/mol. The maximum atomic E-state index is 12.3. The van der Waals surface area contributed by atoms with Crippen LogP contribution in [0.4, 0.5) is 5.69 Å². The molecule has 28 heavy (non-hydrogen) atoms. The van der Waals surface area contributed by atoms with Crippen molar-refractivity contribution in [2.24, 2.45) is 0 Å². The van der Waals surface area contributed by atoms with Crippen molar-refractivity contribution in [3.05, 3.63) is 53.6 Å². The highest BCUT2D eigenvalue weighted by Gasteiger charge is 2.18. The number of amides is 2. The largest absolute Gasteiger partial charge is 0.454 e. The summed E-state index contributed by atoms with van der Waals surface area (Å²) < 4.78 is 10.6. The van der Waals surface area contributed by atoms with E-state index in [1.165, 1.54) is 6.92 Å². The van der Waals surface area contributed by atoms with Crippen molar-refractivity contribution in [1.82, 2.24) is 5.32 Å². The minimum Gasteiger partial charge on any atom is -0.454 e. The Labute approximate surface area is 165 Å². The molecule has 1 aliphatic rings. The van der Waals surface area contributed by atoms with E-state index >= 15 is 0 Å². The Balaban J connectivity index is 1.58. The molecule has 2 amide bonds. The van der Waals surface area contributed by atoms with Gasteiger partial charge in [0.1, 0.15) is 0 Å². The number of hydrogen-bond acceptors (Lipinski definition) is 4. The van der Waals surface area contributed by atoms with Crippen LogP contribution in [0.2, 0.25) is 0 Å². The number of fused-ring (bicyclic) bond motifs is 1. The third-order valence-electron chi connectivity index (χ3n) is 4.72. The second kappa shape index (κ2) is 8.78. The molecule has 0 radical (unpaired) electrons. The molecule has 148 valence electrons. The average molecular weight is 382 g/mol. The summed E-state index contributed by atoms with van der Waals surface area (Å²) in [5.41, 5.74) is 2.90. The van der Waals surface area contributed by atoms with Gasteiger partial charge >= 0.3 is 0 Å². The summed E-state index contributed by atoms with van der Waals surface area (Å²) in [4.78, 5) is 26.2. The molecule has 6 heteroatoms. The summed E-state index contributed by atoms with van der Waals surface area (Å²) in [5, 5.41) is 2.90. The van der Waals surface area contributed by atoms with Crippen LogP contribution in [0.15, 0.2) is 42.5 Å². The molecule has 0 fully saturated rings. The van der Waals surface area contributed by atoms with Crippen LogP contribution in [0, 0.1) is 0 Å². The van der Waals surface area contributed by atoms with Gasteiger partial charge in [-0.15, -0.1) is 0 Å². The van der Waals surface area contributed by atoms with Crippen molar-refractivity contribution in [1.29, 1.82) is 0 Å². The predicted molar refractivity (Wildman–Crippen MR) is 108 cm³/mol. The van der Waals surface area contributed by atoms with Gasteiger partial charge in [-0.2, -0.15) is 0 Å². The van der Waals surface area contributed by atoms with E-state index in [-0.39, 0.29) is 30.9 Å². The minimum atomic E-state index is -0.106. The van der Waals surface area contributed by atoms with Crippen LogP contribution in [0.25, 0.3) is 0 Å². The minimum absolute atomic E-state index is 0.0725. The smallest absolute Gasteiger partial charge is 0.231 e. The molecule has 0 saturated carbocycles. The zero-order chi connectivity index (χ0) is 20.1. The maximum absolute atomic E-state index is 12.3. The first-order valence-corrected chi connectivity index (χ1v) is 9.48. The van der Waals surface area contributed by atoms with E-state index < -0.39 is 0 Å². The maximum Gasteiger partial charge on any atom is 0.231 e. The Morgan fingerprint density at radius 1 is 1.11 bits per heavy atom. The van der Waals surface area contributed by atoms with E-state index in [0.29, 0.717) is 18.8 Å². The first-order chi connectivity index (χ1) is 13.5. The third-order valence-corrected chi connectivity index (χ3v) is 4.72. The lowest BCUT2D eigenvalue weighted by Crippen LogP contribution is -2.34. The fraction of sp³-hybridized carbons (Fsp3) is 0.364. The van der Waals surface area contributed by atoms with E-state index in [0.717, 1.165) is 22.6 Å². The van der Waals surface area contributed by atoms with Gasteiger partial charge in [0.2, 0.25) is 18.6 Å². The standard InChI is InChI=1S/C22H26N2O4/c1-15(2)18-6-4-5-7-19(18)24(16(3)25)11-10-22(26)23-13-17-8-9-20-21(12-17)28-14-27-20/h4-9,12,15H,10-11,13-14H2,1-3H3,(H,23,26). The second-order valence-electron chi connectivity index (χ2n) is 7.10. The van der Waals surface area contributed by atoms with Crippen LogP contribution in [0.5, 0.6) is 11.5 Å². The quantitative estimate of drug-likeness (QED) is 0.795. The number of para-hydroxylation sites is 1. The average Bonchev–Trinajstić information content (AvgIpc) is 3.14. The molecule has 1 N–H and O–H groups in total. The Kier molecular flexibility index (Phi) is 6.19. The molecule has 0 bridgehead atoms. The highest BCUT2D eigenvalue weighted by Crippen LogP contribution is 2.32. The first-order valence-electron chi connectivity index (χ1n) is 9.48. The van der Waals surface area contributed by atoms with Crippen LogP contribution >= 0.6 is 0 Å². The van der Waals surface area contributed by atoms with E-state index in [1.54, 1.807) is 4.90 Å². The molecule has 0 atom stereocenters. The van der Waals surface area contributed by atoms with E-state index in [1.807, 2.05) is 42.5 Å². The summed E-state index contributed by atoms with van der Waals surface area (Å²) in [6.07, 6.45) is 0.233. The molecule has 2 aromatic carbocycles. The fourth-order valence-corrected chi connectivity index (χ4v) is 3.22. The van der Waals surface area contributed by atoms with Gasteiger partial charge in [0.05, 0.1) is 0 Å². The van der Waals surface area contributed by atoms with Crippen LogP contribution in [-0.2, 0) is 16.1 Å². The number of ether oxygens (including phenoxy) is 2. The number of benzene rings is 2. The third kappa shape index (κ3) is 4.63. The number of nitrogens with one attached hydrogen (secondary N) is 1. The van der Waals surface area contributed by atoms with Gasteiger partial charge in [-0.1, -0.05) is 38.1 Å². The lowest BCUT2D eigenvalue weighted by atomic mass is 10.0. The van der Waals surface area contributed by atoms with Crippen LogP contribution in [0.1, 0.15) is 44.2 Å². The van der Waals surface area contributed by atoms with Gasteiger partial charge in [-0.25, -0.2) is 0 Å². The molecule has 0 spiro atoms. The van der Waals surface area contributed by atoms with Crippen molar-refractivity contribution in [3.63, 3.8) is 0 Å². The van der Waals surface area contributed by atoms with Gasteiger partial charge in [0, 0.05) is 32.1 Å². The molecule has 0 saturated heterocycles. The lowest BCUT2D eigenvalue weighted by Gasteiger charge is -2.25. The molecule has 6 nitrogen and oxygen atoms in total. The Hall–Kier alpha value is -3.02. The molecule has 0 aromatic heterocycles. The molecular weight excluding hydrogens is 356 g/mol. The van der Waals surface area contributed by atoms with Gasteiger partial charge < -0.3 is 19.7 Å². The van der Waals surface area contributed by atoms with E-state index in [4.69, 9.17) is 9.47 Å². The molecule has 2 aromatic rings.